The molecule has 1 fully saturated rings. The molecule has 3 rings (SSSR count). The molecule has 1 aliphatic heterocycles. The number of aromatic nitrogens is 1. The molecule has 0 spiro atoms. The van der Waals surface area contributed by atoms with Crippen LogP contribution in [0.1, 0.15) is 25.0 Å². The van der Waals surface area contributed by atoms with Crippen molar-refractivity contribution < 1.29 is 0 Å². The summed E-state index contributed by atoms with van der Waals surface area (Å²) in [5, 5.41) is 1.37. The zero-order valence-electron chi connectivity index (χ0n) is 11.4. The number of likely N-dealkylation sites (tertiary alicyclic amines) is 1. The molecule has 0 radical (unpaired) electrons. The van der Waals surface area contributed by atoms with Crippen LogP contribution in [-0.4, -0.2) is 29.1 Å². The van der Waals surface area contributed by atoms with E-state index in [0.717, 1.165) is 6.54 Å². The molecular formula is C16H22N2. The van der Waals surface area contributed by atoms with Crippen LogP contribution in [0.2, 0.25) is 0 Å². The summed E-state index contributed by atoms with van der Waals surface area (Å²) in [7, 11) is 2.27. The lowest BCUT2D eigenvalue weighted by molar-refractivity contribution is 0.168. The number of rotatable bonds is 2. The Labute approximate surface area is 109 Å². The molecule has 0 amide bonds. The summed E-state index contributed by atoms with van der Waals surface area (Å²) in [5.41, 5.74) is 2.77. The summed E-state index contributed by atoms with van der Waals surface area (Å²) in [6.45, 7) is 4.61. The standard InChI is InChI=1S/C16H22N2/c1-13-11-14-7-3-4-9-16(14)18(13)12-15-8-5-6-10-17(15)2/h3-4,7,9,11,15H,5-6,8,10,12H2,1-2H3. The van der Waals surface area contributed by atoms with Gasteiger partial charge in [0.15, 0.2) is 0 Å². The molecule has 2 nitrogen and oxygen atoms in total. The van der Waals surface area contributed by atoms with Gasteiger partial charge in [-0.3, -0.25) is 0 Å². The molecule has 2 heteroatoms. The number of hydrogen-bond donors (Lipinski definition) is 0. The molecule has 1 atom stereocenters. The Morgan fingerprint density at radius 2 is 2.06 bits per heavy atom. The summed E-state index contributed by atoms with van der Waals surface area (Å²) in [4.78, 5) is 2.53. The first kappa shape index (κ1) is 11.8. The number of likely N-dealkylation sites (N-methyl/N-ethyl adjacent to an activating group) is 1. The largest absolute Gasteiger partial charge is 0.343 e. The Balaban J connectivity index is 1.92. The second-order valence-electron chi connectivity index (χ2n) is 5.59. The summed E-state index contributed by atoms with van der Waals surface area (Å²) in [6.07, 6.45) is 4.08. The molecule has 2 heterocycles. The van der Waals surface area contributed by atoms with Gasteiger partial charge in [-0.25, -0.2) is 0 Å². The van der Waals surface area contributed by atoms with Crippen LogP contribution in [0.3, 0.4) is 0 Å². The van der Waals surface area contributed by atoms with Crippen molar-refractivity contribution in [3.63, 3.8) is 0 Å². The van der Waals surface area contributed by atoms with Crippen molar-refractivity contribution in [2.24, 2.45) is 0 Å². The quantitative estimate of drug-likeness (QED) is 0.783. The average Bonchev–Trinajstić information content (AvgIpc) is 2.69. The molecule has 2 aromatic rings. The monoisotopic (exact) mass is 242 g/mol. The minimum absolute atomic E-state index is 0.702. The third-order valence-electron chi connectivity index (χ3n) is 4.33. The molecule has 1 aromatic heterocycles. The van der Waals surface area contributed by atoms with Gasteiger partial charge in [-0.1, -0.05) is 24.6 Å². The highest BCUT2D eigenvalue weighted by Crippen LogP contribution is 2.23. The smallest absolute Gasteiger partial charge is 0.0482 e. The highest BCUT2D eigenvalue weighted by molar-refractivity contribution is 5.81. The van der Waals surface area contributed by atoms with Crippen LogP contribution in [0.15, 0.2) is 30.3 Å². The lowest BCUT2D eigenvalue weighted by atomic mass is 10.0. The SMILES string of the molecule is Cc1cc2ccccc2n1CC1CCCCN1C. The fourth-order valence-corrected chi connectivity index (χ4v) is 3.18. The summed E-state index contributed by atoms with van der Waals surface area (Å²) < 4.78 is 2.49. The van der Waals surface area contributed by atoms with E-state index in [9.17, 15) is 0 Å². The highest BCUT2D eigenvalue weighted by atomic mass is 15.2. The van der Waals surface area contributed by atoms with E-state index in [0.29, 0.717) is 6.04 Å². The van der Waals surface area contributed by atoms with Crippen LogP contribution in [0, 0.1) is 6.92 Å². The van der Waals surface area contributed by atoms with Crippen LogP contribution in [-0.2, 0) is 6.54 Å². The van der Waals surface area contributed by atoms with Gasteiger partial charge < -0.3 is 9.47 Å². The Bertz CT molecular complexity index is 541. The van der Waals surface area contributed by atoms with E-state index in [4.69, 9.17) is 0 Å². The number of hydrogen-bond acceptors (Lipinski definition) is 1. The highest BCUT2D eigenvalue weighted by Gasteiger charge is 2.20. The van der Waals surface area contributed by atoms with E-state index in [1.807, 2.05) is 0 Å². The third kappa shape index (κ3) is 2.05. The first-order chi connectivity index (χ1) is 8.75. The van der Waals surface area contributed by atoms with Gasteiger partial charge in [0.25, 0.3) is 0 Å². The fraction of sp³-hybridized carbons (Fsp3) is 0.500. The third-order valence-corrected chi connectivity index (χ3v) is 4.33. The van der Waals surface area contributed by atoms with Crippen LogP contribution in [0.25, 0.3) is 10.9 Å². The molecule has 0 saturated carbocycles. The second kappa shape index (κ2) is 4.77. The van der Waals surface area contributed by atoms with Crippen LogP contribution in [0.5, 0.6) is 0 Å². The van der Waals surface area contributed by atoms with E-state index >= 15 is 0 Å². The molecule has 1 aromatic carbocycles. The van der Waals surface area contributed by atoms with E-state index < -0.39 is 0 Å². The normalized spacial score (nSPS) is 21.6. The summed E-state index contributed by atoms with van der Waals surface area (Å²) >= 11 is 0. The number of nitrogens with zero attached hydrogens (tertiary/aromatic N) is 2. The number of piperidine rings is 1. The minimum atomic E-state index is 0.702. The second-order valence-corrected chi connectivity index (χ2v) is 5.59. The van der Waals surface area contributed by atoms with Crippen LogP contribution in [0.4, 0.5) is 0 Å². The zero-order valence-corrected chi connectivity index (χ0v) is 11.4. The van der Waals surface area contributed by atoms with Gasteiger partial charge in [-0.05, 0) is 50.9 Å². The summed E-state index contributed by atoms with van der Waals surface area (Å²) in [6, 6.07) is 11.7. The van der Waals surface area contributed by atoms with Gasteiger partial charge in [0.2, 0.25) is 0 Å². The van der Waals surface area contributed by atoms with E-state index in [1.54, 1.807) is 0 Å². The van der Waals surface area contributed by atoms with Crippen molar-refractivity contribution in [2.75, 3.05) is 13.6 Å². The van der Waals surface area contributed by atoms with Crippen molar-refractivity contribution >= 4 is 10.9 Å². The van der Waals surface area contributed by atoms with E-state index in [2.05, 4.69) is 53.8 Å². The van der Waals surface area contributed by atoms with Gasteiger partial charge in [0.1, 0.15) is 0 Å². The summed E-state index contributed by atoms with van der Waals surface area (Å²) in [5.74, 6) is 0. The van der Waals surface area contributed by atoms with Gasteiger partial charge >= 0.3 is 0 Å². The molecule has 1 aliphatic rings. The number of benzene rings is 1. The van der Waals surface area contributed by atoms with Gasteiger partial charge in [-0.15, -0.1) is 0 Å². The Morgan fingerprint density at radius 3 is 2.89 bits per heavy atom. The molecule has 0 N–H and O–H groups in total. The topological polar surface area (TPSA) is 8.17 Å². The maximum absolute atomic E-state index is 2.53. The number of para-hydroxylation sites is 1. The maximum Gasteiger partial charge on any atom is 0.0482 e. The van der Waals surface area contributed by atoms with Crippen LogP contribution >= 0.6 is 0 Å². The van der Waals surface area contributed by atoms with Crippen molar-refractivity contribution in [1.29, 1.82) is 0 Å². The van der Waals surface area contributed by atoms with Gasteiger partial charge in [-0.2, -0.15) is 0 Å². The minimum Gasteiger partial charge on any atom is -0.343 e. The van der Waals surface area contributed by atoms with Gasteiger partial charge in [0.05, 0.1) is 0 Å². The van der Waals surface area contributed by atoms with Gasteiger partial charge in [0, 0.05) is 23.8 Å². The van der Waals surface area contributed by atoms with E-state index in [1.165, 1.54) is 42.4 Å². The molecule has 18 heavy (non-hydrogen) atoms. The van der Waals surface area contributed by atoms with E-state index in [-0.39, 0.29) is 0 Å². The Hall–Kier alpha value is -1.28. The number of fused-ring (bicyclic) bond motifs is 1. The first-order valence-corrected chi connectivity index (χ1v) is 7.01. The number of aryl methyl sites for hydroxylation is 1. The van der Waals surface area contributed by atoms with Crippen molar-refractivity contribution in [1.82, 2.24) is 9.47 Å². The molecule has 0 aliphatic carbocycles. The average molecular weight is 242 g/mol. The lowest BCUT2D eigenvalue weighted by Gasteiger charge is -2.33. The zero-order chi connectivity index (χ0) is 12.5. The molecule has 1 unspecified atom stereocenters. The molecule has 0 bridgehead atoms. The Morgan fingerprint density at radius 1 is 1.22 bits per heavy atom. The molecule has 1 saturated heterocycles. The van der Waals surface area contributed by atoms with Crippen LogP contribution < -0.4 is 0 Å². The fourth-order valence-electron chi connectivity index (χ4n) is 3.18. The lowest BCUT2D eigenvalue weighted by Crippen LogP contribution is -2.39. The predicted octanol–water partition coefficient (Wildman–Crippen LogP) is 3.43. The predicted molar refractivity (Wildman–Crippen MR) is 76.9 cm³/mol. The Kier molecular flexibility index (Phi) is 3.13. The van der Waals surface area contributed by atoms with Crippen molar-refractivity contribution in [3.05, 3.63) is 36.0 Å². The first-order valence-electron chi connectivity index (χ1n) is 7.01. The van der Waals surface area contributed by atoms with Crippen molar-refractivity contribution in [2.45, 2.75) is 38.8 Å². The molecular weight excluding hydrogens is 220 g/mol. The molecule has 96 valence electrons. The maximum atomic E-state index is 2.53. The van der Waals surface area contributed by atoms with Crippen molar-refractivity contribution in [3.8, 4) is 0 Å².